The Balaban J connectivity index is 1.37. The van der Waals surface area contributed by atoms with Crippen molar-refractivity contribution in [2.45, 2.75) is 19.2 Å². The van der Waals surface area contributed by atoms with E-state index in [0.717, 1.165) is 43.5 Å². The minimum atomic E-state index is 0.186. The van der Waals surface area contributed by atoms with Gasteiger partial charge >= 0.3 is 0 Å². The number of benzene rings is 1. The molecule has 0 bridgehead atoms. The van der Waals surface area contributed by atoms with Gasteiger partial charge in [-0.25, -0.2) is 4.98 Å². The molecule has 0 saturated carbocycles. The number of hydrogen-bond acceptors (Lipinski definition) is 5. The highest BCUT2D eigenvalue weighted by Gasteiger charge is 2.21. The first-order chi connectivity index (χ1) is 11.9. The lowest BCUT2D eigenvalue weighted by Crippen LogP contribution is -2.43. The zero-order valence-corrected chi connectivity index (χ0v) is 14.2. The quantitative estimate of drug-likeness (QED) is 0.716. The van der Waals surface area contributed by atoms with Gasteiger partial charge in [-0.1, -0.05) is 30.3 Å². The van der Waals surface area contributed by atoms with Gasteiger partial charge in [-0.3, -0.25) is 9.58 Å². The number of ether oxygens (including phenoxy) is 1. The van der Waals surface area contributed by atoms with Gasteiger partial charge in [0, 0.05) is 43.0 Å². The largest absolute Gasteiger partial charge is 0.374 e. The number of hydrogen-bond donors (Lipinski definition) is 0. The molecular formula is C18H20N4OS. The second-order valence-corrected chi connectivity index (χ2v) is 6.82. The van der Waals surface area contributed by atoms with Crippen LogP contribution in [0.2, 0.25) is 0 Å². The van der Waals surface area contributed by atoms with Gasteiger partial charge in [-0.2, -0.15) is 5.10 Å². The monoisotopic (exact) mass is 340 g/mol. The molecule has 124 valence electrons. The van der Waals surface area contributed by atoms with Crippen molar-refractivity contribution in [1.82, 2.24) is 19.7 Å². The lowest BCUT2D eigenvalue weighted by molar-refractivity contribution is -0.0405. The summed E-state index contributed by atoms with van der Waals surface area (Å²) in [7, 11) is 0. The fourth-order valence-electron chi connectivity index (χ4n) is 2.97. The Kier molecular flexibility index (Phi) is 4.69. The first kappa shape index (κ1) is 15.5. The van der Waals surface area contributed by atoms with Gasteiger partial charge in [0.05, 0.1) is 24.9 Å². The van der Waals surface area contributed by atoms with Crippen LogP contribution in [0.5, 0.6) is 0 Å². The Morgan fingerprint density at radius 3 is 2.96 bits per heavy atom. The molecule has 0 aliphatic carbocycles. The zero-order chi connectivity index (χ0) is 16.2. The SMILES string of the molecule is c1ccc(-c2nc(CN3CCO[C@H](Cn4cccn4)C3)cs2)cc1. The summed E-state index contributed by atoms with van der Waals surface area (Å²) in [6.45, 7) is 4.31. The molecule has 1 fully saturated rings. The van der Waals surface area contributed by atoms with Crippen molar-refractivity contribution in [3.05, 3.63) is 59.9 Å². The Hall–Kier alpha value is -2.02. The van der Waals surface area contributed by atoms with Crippen LogP contribution < -0.4 is 0 Å². The van der Waals surface area contributed by atoms with E-state index in [0.29, 0.717) is 0 Å². The fourth-order valence-corrected chi connectivity index (χ4v) is 3.79. The van der Waals surface area contributed by atoms with Crippen LogP contribution in [-0.2, 0) is 17.8 Å². The molecule has 1 atom stereocenters. The second-order valence-electron chi connectivity index (χ2n) is 5.97. The minimum Gasteiger partial charge on any atom is -0.374 e. The van der Waals surface area contributed by atoms with Gasteiger partial charge in [0.15, 0.2) is 0 Å². The molecule has 1 saturated heterocycles. The summed E-state index contributed by atoms with van der Waals surface area (Å²) in [5.74, 6) is 0. The van der Waals surface area contributed by atoms with Crippen molar-refractivity contribution in [2.75, 3.05) is 19.7 Å². The van der Waals surface area contributed by atoms with E-state index in [1.807, 2.05) is 23.0 Å². The third kappa shape index (κ3) is 3.72. The number of thiazole rings is 1. The van der Waals surface area contributed by atoms with E-state index in [1.54, 1.807) is 17.5 Å². The summed E-state index contributed by atoms with van der Waals surface area (Å²) >= 11 is 1.71. The molecule has 24 heavy (non-hydrogen) atoms. The molecule has 3 heterocycles. The number of nitrogens with zero attached hydrogens (tertiary/aromatic N) is 4. The van der Waals surface area contributed by atoms with E-state index in [9.17, 15) is 0 Å². The molecular weight excluding hydrogens is 320 g/mol. The zero-order valence-electron chi connectivity index (χ0n) is 13.4. The lowest BCUT2D eigenvalue weighted by Gasteiger charge is -2.32. The second kappa shape index (κ2) is 7.25. The third-order valence-electron chi connectivity index (χ3n) is 4.13. The topological polar surface area (TPSA) is 43.2 Å². The number of morpholine rings is 1. The van der Waals surface area contributed by atoms with E-state index in [2.05, 4.69) is 39.6 Å². The molecule has 0 amide bonds. The van der Waals surface area contributed by atoms with Crippen LogP contribution in [0, 0.1) is 0 Å². The van der Waals surface area contributed by atoms with E-state index in [4.69, 9.17) is 9.72 Å². The third-order valence-corrected chi connectivity index (χ3v) is 5.07. The number of aromatic nitrogens is 3. The molecule has 2 aromatic heterocycles. The van der Waals surface area contributed by atoms with Gasteiger partial charge in [-0.05, 0) is 6.07 Å². The Bertz CT molecular complexity index is 756. The van der Waals surface area contributed by atoms with Gasteiger partial charge in [0.1, 0.15) is 5.01 Å². The first-order valence-corrected chi connectivity index (χ1v) is 9.06. The predicted octanol–water partition coefficient (Wildman–Crippen LogP) is 2.91. The van der Waals surface area contributed by atoms with Crippen molar-refractivity contribution in [3.8, 4) is 10.6 Å². The lowest BCUT2D eigenvalue weighted by atomic mass is 10.2. The van der Waals surface area contributed by atoms with Crippen molar-refractivity contribution in [3.63, 3.8) is 0 Å². The van der Waals surface area contributed by atoms with Gasteiger partial charge in [-0.15, -0.1) is 11.3 Å². The fraction of sp³-hybridized carbons (Fsp3) is 0.333. The van der Waals surface area contributed by atoms with Crippen molar-refractivity contribution in [1.29, 1.82) is 0 Å². The van der Waals surface area contributed by atoms with Gasteiger partial charge in [0.25, 0.3) is 0 Å². The molecule has 1 aromatic carbocycles. The highest BCUT2D eigenvalue weighted by Crippen LogP contribution is 2.24. The molecule has 0 radical (unpaired) electrons. The Morgan fingerprint density at radius 2 is 2.12 bits per heavy atom. The summed E-state index contributed by atoms with van der Waals surface area (Å²) in [6.07, 6.45) is 3.97. The Labute approximate surface area is 145 Å². The number of rotatable bonds is 5. The summed E-state index contributed by atoms with van der Waals surface area (Å²) in [5.41, 5.74) is 2.32. The van der Waals surface area contributed by atoms with E-state index in [-0.39, 0.29) is 6.10 Å². The van der Waals surface area contributed by atoms with E-state index < -0.39 is 0 Å². The average Bonchev–Trinajstić information content (AvgIpc) is 3.28. The molecule has 0 unspecified atom stereocenters. The molecule has 3 aromatic rings. The molecule has 0 N–H and O–H groups in total. The van der Waals surface area contributed by atoms with Crippen LogP contribution in [-0.4, -0.2) is 45.5 Å². The van der Waals surface area contributed by atoms with Gasteiger partial charge in [0.2, 0.25) is 0 Å². The van der Waals surface area contributed by atoms with Crippen LogP contribution >= 0.6 is 11.3 Å². The predicted molar refractivity (Wildman–Crippen MR) is 94.8 cm³/mol. The molecule has 6 heteroatoms. The van der Waals surface area contributed by atoms with Crippen molar-refractivity contribution in [2.24, 2.45) is 0 Å². The maximum absolute atomic E-state index is 5.87. The summed E-state index contributed by atoms with van der Waals surface area (Å²) in [6, 6.07) is 12.3. The maximum atomic E-state index is 5.87. The standard InChI is InChI=1S/C18H20N4OS/c1-2-5-15(6-3-1)18-20-16(14-24-18)11-21-9-10-23-17(12-21)13-22-8-4-7-19-22/h1-8,14,17H,9-13H2/t17-/m0/s1. The van der Waals surface area contributed by atoms with Crippen molar-refractivity contribution >= 4 is 11.3 Å². The van der Waals surface area contributed by atoms with Crippen LogP contribution in [0.3, 0.4) is 0 Å². The van der Waals surface area contributed by atoms with Crippen LogP contribution in [0.15, 0.2) is 54.2 Å². The summed E-state index contributed by atoms with van der Waals surface area (Å²) < 4.78 is 7.81. The smallest absolute Gasteiger partial charge is 0.123 e. The van der Waals surface area contributed by atoms with Crippen LogP contribution in [0.25, 0.3) is 10.6 Å². The summed E-state index contributed by atoms with van der Waals surface area (Å²) in [4.78, 5) is 7.21. The summed E-state index contributed by atoms with van der Waals surface area (Å²) in [5, 5.41) is 7.52. The van der Waals surface area contributed by atoms with E-state index in [1.165, 1.54) is 5.56 Å². The maximum Gasteiger partial charge on any atom is 0.123 e. The molecule has 1 aliphatic rings. The van der Waals surface area contributed by atoms with E-state index >= 15 is 0 Å². The average molecular weight is 340 g/mol. The highest BCUT2D eigenvalue weighted by molar-refractivity contribution is 7.13. The first-order valence-electron chi connectivity index (χ1n) is 8.18. The minimum absolute atomic E-state index is 0.186. The van der Waals surface area contributed by atoms with Crippen LogP contribution in [0.4, 0.5) is 0 Å². The normalized spacial score (nSPS) is 18.8. The van der Waals surface area contributed by atoms with Crippen LogP contribution in [0.1, 0.15) is 5.69 Å². The molecule has 4 rings (SSSR count). The Morgan fingerprint density at radius 1 is 1.21 bits per heavy atom. The molecule has 0 spiro atoms. The molecule has 1 aliphatic heterocycles. The highest BCUT2D eigenvalue weighted by atomic mass is 32.1. The van der Waals surface area contributed by atoms with Crippen molar-refractivity contribution < 1.29 is 4.74 Å². The molecule has 5 nitrogen and oxygen atoms in total. The van der Waals surface area contributed by atoms with Gasteiger partial charge < -0.3 is 4.74 Å².